The first-order chi connectivity index (χ1) is 9.10. The molecule has 0 bridgehead atoms. The Balaban J connectivity index is 2.23. The van der Waals surface area contributed by atoms with Gasteiger partial charge in [0.15, 0.2) is 0 Å². The third kappa shape index (κ3) is 3.49. The standard InChI is InChI=1S/C14H11BrClNO2/c1-19-13-7-4-10(15)8-12(13)17-14(18)9-2-5-11(16)6-3-9/h2-8H,1H3,(H,17,18). The van der Waals surface area contributed by atoms with E-state index in [9.17, 15) is 4.79 Å². The van der Waals surface area contributed by atoms with Gasteiger partial charge in [-0.05, 0) is 42.5 Å². The molecule has 3 nitrogen and oxygen atoms in total. The molecule has 5 heteroatoms. The van der Waals surface area contributed by atoms with Crippen LogP contribution in [0.15, 0.2) is 46.9 Å². The van der Waals surface area contributed by atoms with E-state index in [4.69, 9.17) is 16.3 Å². The fraction of sp³-hybridized carbons (Fsp3) is 0.0714. The minimum Gasteiger partial charge on any atom is -0.495 e. The van der Waals surface area contributed by atoms with E-state index in [1.165, 1.54) is 0 Å². The highest BCUT2D eigenvalue weighted by Crippen LogP contribution is 2.28. The molecular formula is C14H11BrClNO2. The molecule has 0 fully saturated rings. The molecule has 0 saturated heterocycles. The second-order valence-corrected chi connectivity index (χ2v) is 5.16. The Hall–Kier alpha value is -1.52. The minimum atomic E-state index is -0.215. The molecular weight excluding hydrogens is 330 g/mol. The van der Waals surface area contributed by atoms with E-state index in [0.29, 0.717) is 22.0 Å². The average Bonchev–Trinajstić information content (AvgIpc) is 2.39. The smallest absolute Gasteiger partial charge is 0.255 e. The van der Waals surface area contributed by atoms with E-state index in [-0.39, 0.29) is 5.91 Å². The number of benzene rings is 2. The lowest BCUT2D eigenvalue weighted by molar-refractivity contribution is 0.102. The topological polar surface area (TPSA) is 38.3 Å². The van der Waals surface area contributed by atoms with Crippen molar-refractivity contribution in [2.75, 3.05) is 12.4 Å². The summed E-state index contributed by atoms with van der Waals surface area (Å²) in [4.78, 5) is 12.1. The SMILES string of the molecule is COc1ccc(Br)cc1NC(=O)c1ccc(Cl)cc1. The molecule has 0 unspecified atom stereocenters. The van der Waals surface area contributed by atoms with Gasteiger partial charge in [-0.15, -0.1) is 0 Å². The number of carbonyl (C=O) groups is 1. The van der Waals surface area contributed by atoms with Gasteiger partial charge in [0.25, 0.3) is 5.91 Å². The molecule has 0 aliphatic heterocycles. The molecule has 0 radical (unpaired) electrons. The Morgan fingerprint density at radius 1 is 1.21 bits per heavy atom. The first-order valence-corrected chi connectivity index (χ1v) is 6.67. The number of nitrogens with one attached hydrogen (secondary N) is 1. The molecule has 1 amide bonds. The molecule has 2 rings (SSSR count). The molecule has 0 atom stereocenters. The van der Waals surface area contributed by atoms with Gasteiger partial charge in [0, 0.05) is 15.1 Å². The summed E-state index contributed by atoms with van der Waals surface area (Å²) < 4.78 is 6.06. The molecule has 0 aromatic heterocycles. The van der Waals surface area contributed by atoms with E-state index in [2.05, 4.69) is 21.2 Å². The summed E-state index contributed by atoms with van der Waals surface area (Å²) in [6.45, 7) is 0. The highest BCUT2D eigenvalue weighted by Gasteiger charge is 2.10. The summed E-state index contributed by atoms with van der Waals surface area (Å²) in [7, 11) is 1.56. The van der Waals surface area contributed by atoms with Crippen LogP contribution in [0.1, 0.15) is 10.4 Å². The van der Waals surface area contributed by atoms with Crippen LogP contribution in [0.4, 0.5) is 5.69 Å². The number of carbonyl (C=O) groups excluding carboxylic acids is 1. The summed E-state index contributed by atoms with van der Waals surface area (Å²) in [6.07, 6.45) is 0. The van der Waals surface area contributed by atoms with Gasteiger partial charge in [-0.2, -0.15) is 0 Å². The monoisotopic (exact) mass is 339 g/mol. The summed E-state index contributed by atoms with van der Waals surface area (Å²) >= 11 is 9.14. The molecule has 0 spiro atoms. The number of amides is 1. The number of halogens is 2. The van der Waals surface area contributed by atoms with Crippen LogP contribution >= 0.6 is 27.5 Å². The molecule has 0 aliphatic carbocycles. The van der Waals surface area contributed by atoms with Crippen LogP contribution in [0, 0.1) is 0 Å². The molecule has 0 saturated carbocycles. The lowest BCUT2D eigenvalue weighted by Crippen LogP contribution is -2.12. The number of hydrogen-bond donors (Lipinski definition) is 1. The second-order valence-electron chi connectivity index (χ2n) is 3.81. The van der Waals surface area contributed by atoms with Gasteiger partial charge < -0.3 is 10.1 Å². The summed E-state index contributed by atoms with van der Waals surface area (Å²) in [6, 6.07) is 12.1. The maximum Gasteiger partial charge on any atom is 0.255 e. The molecule has 19 heavy (non-hydrogen) atoms. The van der Waals surface area contributed by atoms with Gasteiger partial charge in [-0.25, -0.2) is 0 Å². The van der Waals surface area contributed by atoms with Gasteiger partial charge in [0.2, 0.25) is 0 Å². The Labute approximate surface area is 124 Å². The van der Waals surface area contributed by atoms with Crippen molar-refractivity contribution in [3.05, 3.63) is 57.5 Å². The van der Waals surface area contributed by atoms with E-state index < -0.39 is 0 Å². The first kappa shape index (κ1) is 13.9. The molecule has 98 valence electrons. The van der Waals surface area contributed by atoms with Crippen LogP contribution in [0.25, 0.3) is 0 Å². The van der Waals surface area contributed by atoms with Crippen molar-refractivity contribution in [3.63, 3.8) is 0 Å². The largest absolute Gasteiger partial charge is 0.495 e. The van der Waals surface area contributed by atoms with Crippen LogP contribution in [0.2, 0.25) is 5.02 Å². The summed E-state index contributed by atoms with van der Waals surface area (Å²) in [5, 5.41) is 3.40. The van der Waals surface area contributed by atoms with Crippen molar-refractivity contribution < 1.29 is 9.53 Å². The van der Waals surface area contributed by atoms with Crippen molar-refractivity contribution in [3.8, 4) is 5.75 Å². The van der Waals surface area contributed by atoms with Crippen molar-refractivity contribution in [2.45, 2.75) is 0 Å². The maximum atomic E-state index is 12.1. The molecule has 2 aromatic rings. The van der Waals surface area contributed by atoms with Crippen molar-refractivity contribution >= 4 is 39.1 Å². The second kappa shape index (κ2) is 6.08. The third-order valence-electron chi connectivity index (χ3n) is 2.52. The zero-order valence-corrected chi connectivity index (χ0v) is 12.5. The lowest BCUT2D eigenvalue weighted by atomic mass is 10.2. The van der Waals surface area contributed by atoms with Gasteiger partial charge in [-0.1, -0.05) is 27.5 Å². The maximum absolute atomic E-state index is 12.1. The van der Waals surface area contributed by atoms with Gasteiger partial charge in [0.05, 0.1) is 12.8 Å². The average molecular weight is 341 g/mol. The number of ether oxygens (including phenoxy) is 1. The molecule has 1 N–H and O–H groups in total. The van der Waals surface area contributed by atoms with E-state index >= 15 is 0 Å². The Morgan fingerprint density at radius 3 is 2.53 bits per heavy atom. The highest BCUT2D eigenvalue weighted by molar-refractivity contribution is 9.10. The van der Waals surface area contributed by atoms with Gasteiger partial charge in [0.1, 0.15) is 5.75 Å². The van der Waals surface area contributed by atoms with Gasteiger partial charge in [-0.3, -0.25) is 4.79 Å². The number of rotatable bonds is 3. The summed E-state index contributed by atoms with van der Waals surface area (Å²) in [5.41, 5.74) is 1.14. The molecule has 0 heterocycles. The predicted molar refractivity (Wildman–Crippen MR) is 80.1 cm³/mol. The van der Waals surface area contributed by atoms with E-state index in [1.807, 2.05) is 6.07 Å². The Bertz CT molecular complexity index is 599. The van der Waals surface area contributed by atoms with Crippen LogP contribution in [0.3, 0.4) is 0 Å². The van der Waals surface area contributed by atoms with E-state index in [0.717, 1.165) is 4.47 Å². The predicted octanol–water partition coefficient (Wildman–Crippen LogP) is 4.36. The van der Waals surface area contributed by atoms with Crippen LogP contribution in [0.5, 0.6) is 5.75 Å². The molecule has 0 aliphatic rings. The number of anilines is 1. The van der Waals surface area contributed by atoms with Crippen LogP contribution < -0.4 is 10.1 Å². The zero-order valence-electron chi connectivity index (χ0n) is 10.1. The Morgan fingerprint density at radius 2 is 1.89 bits per heavy atom. The van der Waals surface area contributed by atoms with Crippen LogP contribution in [-0.4, -0.2) is 13.0 Å². The first-order valence-electron chi connectivity index (χ1n) is 5.50. The summed E-state index contributed by atoms with van der Waals surface area (Å²) in [5.74, 6) is 0.388. The highest BCUT2D eigenvalue weighted by atomic mass is 79.9. The van der Waals surface area contributed by atoms with Crippen LogP contribution in [-0.2, 0) is 0 Å². The molecule has 2 aromatic carbocycles. The lowest BCUT2D eigenvalue weighted by Gasteiger charge is -2.10. The van der Waals surface area contributed by atoms with Crippen molar-refractivity contribution in [1.29, 1.82) is 0 Å². The number of methoxy groups -OCH3 is 1. The minimum absolute atomic E-state index is 0.215. The third-order valence-corrected chi connectivity index (χ3v) is 3.26. The fourth-order valence-electron chi connectivity index (χ4n) is 1.57. The van der Waals surface area contributed by atoms with Gasteiger partial charge >= 0.3 is 0 Å². The fourth-order valence-corrected chi connectivity index (χ4v) is 2.06. The quantitative estimate of drug-likeness (QED) is 0.901. The van der Waals surface area contributed by atoms with Crippen molar-refractivity contribution in [2.24, 2.45) is 0 Å². The normalized spacial score (nSPS) is 10.1. The Kier molecular flexibility index (Phi) is 4.45. The zero-order chi connectivity index (χ0) is 13.8. The van der Waals surface area contributed by atoms with E-state index in [1.54, 1.807) is 43.5 Å². The number of hydrogen-bond acceptors (Lipinski definition) is 2. The van der Waals surface area contributed by atoms with Crippen molar-refractivity contribution in [1.82, 2.24) is 0 Å².